The molecule has 1 fully saturated rings. The van der Waals surface area contributed by atoms with Crippen molar-refractivity contribution >= 4 is 5.82 Å². The van der Waals surface area contributed by atoms with Gasteiger partial charge in [0.2, 0.25) is 0 Å². The standard InChI is InChI=1S/C15H16FN3O4/c16-11-6-19(15(20)18-14(11)17)12-8-22-13(23-12)9-21-7-10-4-2-1-3-5-10/h1-6,12-13H,7-9H2,(H2,17,18,20)/t12-,13-/m0/s1. The second-order valence-electron chi connectivity index (χ2n) is 5.02. The first-order valence-corrected chi connectivity index (χ1v) is 7.06. The van der Waals surface area contributed by atoms with Gasteiger partial charge in [0.15, 0.2) is 24.2 Å². The fourth-order valence-electron chi connectivity index (χ4n) is 2.19. The fourth-order valence-corrected chi connectivity index (χ4v) is 2.19. The molecule has 2 atom stereocenters. The van der Waals surface area contributed by atoms with Gasteiger partial charge in [-0.15, -0.1) is 0 Å². The number of ether oxygens (including phenoxy) is 3. The Bertz CT molecular complexity index is 722. The maximum absolute atomic E-state index is 13.4. The molecule has 2 aromatic rings. The van der Waals surface area contributed by atoms with Crippen LogP contribution < -0.4 is 11.4 Å². The van der Waals surface area contributed by atoms with Crippen LogP contribution in [0.25, 0.3) is 0 Å². The number of halogens is 1. The summed E-state index contributed by atoms with van der Waals surface area (Å²) in [6, 6.07) is 9.66. The summed E-state index contributed by atoms with van der Waals surface area (Å²) in [4.78, 5) is 15.1. The molecule has 1 aromatic heterocycles. The van der Waals surface area contributed by atoms with E-state index in [-0.39, 0.29) is 13.2 Å². The van der Waals surface area contributed by atoms with Crippen molar-refractivity contribution in [3.63, 3.8) is 0 Å². The molecular formula is C15H16FN3O4. The third-order valence-electron chi connectivity index (χ3n) is 3.34. The quantitative estimate of drug-likeness (QED) is 0.885. The van der Waals surface area contributed by atoms with E-state index in [1.54, 1.807) is 0 Å². The lowest BCUT2D eigenvalue weighted by molar-refractivity contribution is -0.118. The van der Waals surface area contributed by atoms with Crippen molar-refractivity contribution in [2.24, 2.45) is 0 Å². The minimum absolute atomic E-state index is 0.101. The molecule has 0 amide bonds. The lowest BCUT2D eigenvalue weighted by atomic mass is 10.2. The van der Waals surface area contributed by atoms with Gasteiger partial charge in [-0.25, -0.2) is 9.18 Å². The van der Waals surface area contributed by atoms with Crippen molar-refractivity contribution in [3.8, 4) is 0 Å². The van der Waals surface area contributed by atoms with Crippen LogP contribution in [0.3, 0.4) is 0 Å². The molecule has 122 valence electrons. The number of hydrogen-bond donors (Lipinski definition) is 1. The topological polar surface area (TPSA) is 88.6 Å². The molecule has 0 unspecified atom stereocenters. The molecule has 0 radical (unpaired) electrons. The number of rotatable bonds is 5. The predicted octanol–water partition coefficient (Wildman–Crippen LogP) is 1.05. The number of benzene rings is 1. The smallest absolute Gasteiger partial charge is 0.351 e. The maximum Gasteiger partial charge on any atom is 0.351 e. The fraction of sp³-hybridized carbons (Fsp3) is 0.333. The summed E-state index contributed by atoms with van der Waals surface area (Å²) in [6.45, 7) is 0.724. The third kappa shape index (κ3) is 3.73. The van der Waals surface area contributed by atoms with Gasteiger partial charge in [0.05, 0.1) is 26.0 Å². The largest absolute Gasteiger partial charge is 0.381 e. The first-order valence-electron chi connectivity index (χ1n) is 7.06. The SMILES string of the molecule is Nc1nc(=O)n([C@@H]2CO[C@H](COCc3ccccc3)O2)cc1F. The molecule has 2 N–H and O–H groups in total. The van der Waals surface area contributed by atoms with Crippen LogP contribution in [0, 0.1) is 5.82 Å². The van der Waals surface area contributed by atoms with Gasteiger partial charge < -0.3 is 19.9 Å². The first kappa shape index (κ1) is 15.6. The van der Waals surface area contributed by atoms with E-state index in [0.29, 0.717) is 6.61 Å². The summed E-state index contributed by atoms with van der Waals surface area (Å²) in [5.74, 6) is -1.22. The van der Waals surface area contributed by atoms with Gasteiger partial charge in [0.1, 0.15) is 0 Å². The molecule has 8 heteroatoms. The van der Waals surface area contributed by atoms with Crippen molar-refractivity contribution in [3.05, 3.63) is 58.4 Å². The molecule has 1 saturated heterocycles. The summed E-state index contributed by atoms with van der Waals surface area (Å²) < 4.78 is 30.9. The van der Waals surface area contributed by atoms with Gasteiger partial charge >= 0.3 is 5.69 Å². The first-order chi connectivity index (χ1) is 11.1. The highest BCUT2D eigenvalue weighted by Gasteiger charge is 2.29. The van der Waals surface area contributed by atoms with Crippen LogP contribution in [-0.4, -0.2) is 29.1 Å². The van der Waals surface area contributed by atoms with E-state index in [9.17, 15) is 9.18 Å². The van der Waals surface area contributed by atoms with E-state index < -0.39 is 29.8 Å². The Labute approximate surface area is 131 Å². The van der Waals surface area contributed by atoms with Gasteiger partial charge in [-0.1, -0.05) is 30.3 Å². The number of anilines is 1. The van der Waals surface area contributed by atoms with Crippen molar-refractivity contribution in [2.75, 3.05) is 18.9 Å². The molecule has 0 saturated carbocycles. The molecule has 0 aliphatic carbocycles. The van der Waals surface area contributed by atoms with Crippen molar-refractivity contribution in [2.45, 2.75) is 19.1 Å². The zero-order chi connectivity index (χ0) is 16.2. The molecule has 7 nitrogen and oxygen atoms in total. The Kier molecular flexibility index (Phi) is 4.65. The van der Waals surface area contributed by atoms with Crippen LogP contribution in [0.15, 0.2) is 41.3 Å². The normalized spacial score (nSPS) is 20.7. The predicted molar refractivity (Wildman–Crippen MR) is 78.8 cm³/mol. The Morgan fingerprint density at radius 1 is 1.39 bits per heavy atom. The molecule has 1 aliphatic rings. The van der Waals surface area contributed by atoms with E-state index in [4.69, 9.17) is 19.9 Å². The van der Waals surface area contributed by atoms with Crippen LogP contribution in [0.5, 0.6) is 0 Å². The van der Waals surface area contributed by atoms with Crippen LogP contribution in [-0.2, 0) is 20.8 Å². The summed E-state index contributed by atoms with van der Waals surface area (Å²) in [7, 11) is 0. The Hall–Kier alpha value is -2.29. The maximum atomic E-state index is 13.4. The van der Waals surface area contributed by atoms with Crippen LogP contribution in [0.2, 0.25) is 0 Å². The zero-order valence-corrected chi connectivity index (χ0v) is 12.2. The molecule has 3 rings (SSSR count). The Morgan fingerprint density at radius 3 is 2.96 bits per heavy atom. The number of nitrogen functional groups attached to an aromatic ring is 1. The van der Waals surface area contributed by atoms with Crippen LogP contribution >= 0.6 is 0 Å². The van der Waals surface area contributed by atoms with Crippen molar-refractivity contribution in [1.82, 2.24) is 9.55 Å². The van der Waals surface area contributed by atoms with Gasteiger partial charge in [0.25, 0.3) is 0 Å². The highest BCUT2D eigenvalue weighted by atomic mass is 19.1. The minimum Gasteiger partial charge on any atom is -0.381 e. The van der Waals surface area contributed by atoms with Crippen LogP contribution in [0.4, 0.5) is 10.2 Å². The molecule has 2 heterocycles. The lowest BCUT2D eigenvalue weighted by Gasteiger charge is -2.14. The highest BCUT2D eigenvalue weighted by molar-refractivity contribution is 5.26. The summed E-state index contributed by atoms with van der Waals surface area (Å²) in [6.07, 6.45) is -0.419. The second kappa shape index (κ2) is 6.86. The van der Waals surface area contributed by atoms with Crippen molar-refractivity contribution in [1.29, 1.82) is 0 Å². The molecule has 0 bridgehead atoms. The molecule has 1 aromatic carbocycles. The van der Waals surface area contributed by atoms with E-state index in [0.717, 1.165) is 16.3 Å². The van der Waals surface area contributed by atoms with E-state index >= 15 is 0 Å². The third-order valence-corrected chi connectivity index (χ3v) is 3.34. The van der Waals surface area contributed by atoms with E-state index in [1.807, 2.05) is 30.3 Å². The monoisotopic (exact) mass is 321 g/mol. The highest BCUT2D eigenvalue weighted by Crippen LogP contribution is 2.20. The van der Waals surface area contributed by atoms with Crippen molar-refractivity contribution < 1.29 is 18.6 Å². The van der Waals surface area contributed by atoms with E-state index in [1.165, 1.54) is 0 Å². The van der Waals surface area contributed by atoms with Gasteiger partial charge in [-0.3, -0.25) is 4.57 Å². The second-order valence-corrected chi connectivity index (χ2v) is 5.02. The van der Waals surface area contributed by atoms with E-state index in [2.05, 4.69) is 4.98 Å². The molecule has 0 spiro atoms. The number of hydrogen-bond acceptors (Lipinski definition) is 6. The zero-order valence-electron chi connectivity index (χ0n) is 12.2. The molecule has 1 aliphatic heterocycles. The average molecular weight is 321 g/mol. The number of aromatic nitrogens is 2. The Morgan fingerprint density at radius 2 is 2.17 bits per heavy atom. The molecule has 23 heavy (non-hydrogen) atoms. The summed E-state index contributed by atoms with van der Waals surface area (Å²) in [5, 5.41) is 0. The molecular weight excluding hydrogens is 305 g/mol. The van der Waals surface area contributed by atoms with Gasteiger partial charge in [-0.2, -0.15) is 4.98 Å². The van der Waals surface area contributed by atoms with Gasteiger partial charge in [0, 0.05) is 0 Å². The Balaban J connectivity index is 1.54. The average Bonchev–Trinajstić information content (AvgIpc) is 3.00. The van der Waals surface area contributed by atoms with Gasteiger partial charge in [-0.05, 0) is 5.56 Å². The summed E-state index contributed by atoms with van der Waals surface area (Å²) >= 11 is 0. The van der Waals surface area contributed by atoms with Crippen LogP contribution in [0.1, 0.15) is 11.8 Å². The summed E-state index contributed by atoms with van der Waals surface area (Å²) in [5.41, 5.74) is 5.58. The minimum atomic E-state index is -0.781. The number of nitrogens with zero attached hydrogens (tertiary/aromatic N) is 2. The lowest BCUT2D eigenvalue weighted by Crippen LogP contribution is -2.30. The number of nitrogens with two attached hydrogens (primary N) is 1.